The van der Waals surface area contributed by atoms with Gasteiger partial charge in [0, 0.05) is 9.85 Å². The number of aromatic carboxylic acids is 1. The highest BCUT2D eigenvalue weighted by atomic mass is 79.9. The summed E-state index contributed by atoms with van der Waals surface area (Å²) in [5.74, 6) is -1.12. The van der Waals surface area contributed by atoms with Gasteiger partial charge in [-0.3, -0.25) is 5.32 Å². The third-order valence-corrected chi connectivity index (χ3v) is 3.67. The normalized spacial score (nSPS) is 10.1. The van der Waals surface area contributed by atoms with Gasteiger partial charge in [0.1, 0.15) is 0 Å². The number of nitrogens with zero attached hydrogens (tertiary/aromatic N) is 1. The molecule has 6 nitrogen and oxygen atoms in total. The van der Waals surface area contributed by atoms with Crippen LogP contribution in [0.5, 0.6) is 0 Å². The van der Waals surface area contributed by atoms with Crippen LogP contribution in [0.25, 0.3) is 0 Å². The van der Waals surface area contributed by atoms with Gasteiger partial charge in [0.15, 0.2) is 5.13 Å². The van der Waals surface area contributed by atoms with Gasteiger partial charge < -0.3 is 10.4 Å². The summed E-state index contributed by atoms with van der Waals surface area (Å²) in [5, 5.41) is 16.4. The predicted octanol–water partition coefficient (Wildman–Crippen LogP) is 3.56. The fraction of sp³-hybridized carbons (Fsp3) is 0.0833. The Morgan fingerprint density at radius 2 is 2.10 bits per heavy atom. The molecule has 2 amide bonds. The average molecular weight is 356 g/mol. The van der Waals surface area contributed by atoms with E-state index in [9.17, 15) is 9.59 Å². The van der Waals surface area contributed by atoms with Crippen LogP contribution in [0.3, 0.4) is 0 Å². The molecule has 0 aliphatic heterocycles. The molecule has 2 aromatic rings. The Morgan fingerprint density at radius 3 is 2.70 bits per heavy atom. The van der Waals surface area contributed by atoms with Gasteiger partial charge in [-0.1, -0.05) is 15.9 Å². The van der Waals surface area contributed by atoms with Crippen LogP contribution < -0.4 is 10.6 Å². The molecule has 20 heavy (non-hydrogen) atoms. The number of aromatic nitrogens is 1. The van der Waals surface area contributed by atoms with Crippen molar-refractivity contribution in [2.24, 2.45) is 0 Å². The first-order valence-corrected chi connectivity index (χ1v) is 7.16. The Balaban J connectivity index is 2.13. The van der Waals surface area contributed by atoms with E-state index in [0.29, 0.717) is 9.60 Å². The summed E-state index contributed by atoms with van der Waals surface area (Å²) >= 11 is 4.48. The molecule has 0 fully saturated rings. The maximum absolute atomic E-state index is 11.8. The Hall–Kier alpha value is -1.93. The van der Waals surface area contributed by atoms with Crippen molar-refractivity contribution in [1.82, 2.24) is 4.98 Å². The molecule has 0 saturated heterocycles. The number of hydrogen-bond donors (Lipinski definition) is 3. The number of halogens is 1. The van der Waals surface area contributed by atoms with E-state index < -0.39 is 12.0 Å². The van der Waals surface area contributed by atoms with Crippen LogP contribution in [0.2, 0.25) is 0 Å². The van der Waals surface area contributed by atoms with Crippen LogP contribution in [0.15, 0.2) is 28.1 Å². The highest BCUT2D eigenvalue weighted by molar-refractivity contribution is 9.10. The van der Waals surface area contributed by atoms with Crippen molar-refractivity contribution >= 4 is 50.1 Å². The number of carbonyl (C=O) groups excluding carboxylic acids is 1. The quantitative estimate of drug-likeness (QED) is 0.784. The lowest BCUT2D eigenvalue weighted by Gasteiger charge is -2.08. The first kappa shape index (κ1) is 14.5. The Morgan fingerprint density at radius 1 is 1.35 bits per heavy atom. The lowest BCUT2D eigenvalue weighted by molar-refractivity contribution is 0.0698. The molecule has 1 aromatic carbocycles. The van der Waals surface area contributed by atoms with E-state index in [1.165, 1.54) is 23.5 Å². The molecule has 0 unspecified atom stereocenters. The summed E-state index contributed by atoms with van der Waals surface area (Å²) in [6, 6.07) is 4.05. The van der Waals surface area contributed by atoms with Gasteiger partial charge in [0.25, 0.3) is 0 Å². The van der Waals surface area contributed by atoms with Gasteiger partial charge in [-0.15, -0.1) is 11.3 Å². The number of amides is 2. The van der Waals surface area contributed by atoms with Crippen LogP contribution in [-0.4, -0.2) is 22.1 Å². The molecule has 1 aromatic heterocycles. The molecule has 0 radical (unpaired) electrons. The lowest BCUT2D eigenvalue weighted by Crippen LogP contribution is -2.21. The number of carbonyl (C=O) groups is 2. The van der Waals surface area contributed by atoms with Gasteiger partial charge >= 0.3 is 12.0 Å². The smallest absolute Gasteiger partial charge is 0.337 e. The molecule has 2 rings (SSSR count). The molecule has 8 heteroatoms. The Bertz CT molecular complexity index is 672. The van der Waals surface area contributed by atoms with Crippen molar-refractivity contribution in [3.05, 3.63) is 39.3 Å². The number of aryl methyl sites for hydroxylation is 1. The van der Waals surface area contributed by atoms with Crippen molar-refractivity contribution in [2.45, 2.75) is 6.92 Å². The highest BCUT2D eigenvalue weighted by Crippen LogP contribution is 2.22. The average Bonchev–Trinajstić information content (AvgIpc) is 2.76. The number of anilines is 2. The predicted molar refractivity (Wildman–Crippen MR) is 80.6 cm³/mol. The third-order valence-electron chi connectivity index (χ3n) is 2.30. The number of benzene rings is 1. The second kappa shape index (κ2) is 6.02. The Kier molecular flexibility index (Phi) is 4.35. The van der Waals surface area contributed by atoms with E-state index >= 15 is 0 Å². The maximum atomic E-state index is 11.8. The molecule has 0 bridgehead atoms. The monoisotopic (exact) mass is 355 g/mol. The van der Waals surface area contributed by atoms with Crippen molar-refractivity contribution in [2.75, 3.05) is 10.6 Å². The number of rotatable bonds is 3. The number of urea groups is 1. The van der Waals surface area contributed by atoms with Gasteiger partial charge in [0.05, 0.1) is 16.9 Å². The molecule has 0 aliphatic carbocycles. The molecular weight excluding hydrogens is 346 g/mol. The minimum Gasteiger partial charge on any atom is -0.478 e. The van der Waals surface area contributed by atoms with Crippen LogP contribution in [0, 0.1) is 6.92 Å². The molecular formula is C12H10BrN3O3S. The number of carboxylic acids is 1. The van der Waals surface area contributed by atoms with E-state index in [1.807, 2.05) is 6.92 Å². The standard InChI is InChI=1S/C12H10BrN3O3S/c1-6-5-20-12(14-6)16-11(19)15-9-3-2-7(13)4-8(9)10(17)18/h2-5H,1H3,(H,17,18)(H2,14,15,16,19). The van der Waals surface area contributed by atoms with Crippen LogP contribution in [0.4, 0.5) is 15.6 Å². The maximum Gasteiger partial charge on any atom is 0.337 e. The Labute approximate surface area is 127 Å². The first-order chi connectivity index (χ1) is 9.45. The van der Waals surface area contributed by atoms with Crippen molar-refractivity contribution in [3.63, 3.8) is 0 Å². The molecule has 0 aliphatic rings. The number of hydrogen-bond acceptors (Lipinski definition) is 4. The van der Waals surface area contributed by atoms with Crippen molar-refractivity contribution in [1.29, 1.82) is 0 Å². The molecule has 0 atom stereocenters. The fourth-order valence-corrected chi connectivity index (χ4v) is 2.51. The van der Waals surface area contributed by atoms with Gasteiger partial charge in [-0.25, -0.2) is 14.6 Å². The van der Waals surface area contributed by atoms with Gasteiger partial charge in [0.2, 0.25) is 0 Å². The summed E-state index contributed by atoms with van der Waals surface area (Å²) in [6.45, 7) is 1.82. The zero-order valence-corrected chi connectivity index (χ0v) is 12.7. The van der Waals surface area contributed by atoms with Crippen molar-refractivity contribution < 1.29 is 14.7 Å². The summed E-state index contributed by atoms with van der Waals surface area (Å²) < 4.78 is 0.622. The minimum absolute atomic E-state index is 0.00449. The summed E-state index contributed by atoms with van der Waals surface area (Å²) in [7, 11) is 0. The van der Waals surface area contributed by atoms with E-state index in [1.54, 1.807) is 11.4 Å². The zero-order chi connectivity index (χ0) is 14.7. The van der Waals surface area contributed by atoms with Crippen molar-refractivity contribution in [3.8, 4) is 0 Å². The number of thiazole rings is 1. The number of nitrogens with one attached hydrogen (secondary N) is 2. The van der Waals surface area contributed by atoms with Gasteiger partial charge in [-0.2, -0.15) is 0 Å². The topological polar surface area (TPSA) is 91.3 Å². The lowest BCUT2D eigenvalue weighted by atomic mass is 10.2. The van der Waals surface area contributed by atoms with Gasteiger partial charge in [-0.05, 0) is 25.1 Å². The summed E-state index contributed by atoms with van der Waals surface area (Å²) in [5.41, 5.74) is 1.02. The van der Waals surface area contributed by atoms with E-state index in [-0.39, 0.29) is 11.3 Å². The van der Waals surface area contributed by atoms with E-state index in [0.717, 1.165) is 5.69 Å². The third kappa shape index (κ3) is 3.55. The highest BCUT2D eigenvalue weighted by Gasteiger charge is 2.13. The SMILES string of the molecule is Cc1csc(NC(=O)Nc2ccc(Br)cc2C(=O)O)n1. The second-order valence-electron chi connectivity index (χ2n) is 3.87. The minimum atomic E-state index is -1.12. The van der Waals surface area contributed by atoms with Crippen LogP contribution in [-0.2, 0) is 0 Å². The van der Waals surface area contributed by atoms with E-state index in [2.05, 4.69) is 31.5 Å². The molecule has 1 heterocycles. The molecule has 3 N–H and O–H groups in total. The summed E-state index contributed by atoms with van der Waals surface area (Å²) in [4.78, 5) is 27.0. The zero-order valence-electron chi connectivity index (χ0n) is 10.3. The molecule has 0 spiro atoms. The fourth-order valence-electron chi connectivity index (χ4n) is 1.46. The van der Waals surface area contributed by atoms with Crippen LogP contribution in [0.1, 0.15) is 16.1 Å². The van der Waals surface area contributed by atoms with E-state index in [4.69, 9.17) is 5.11 Å². The number of carboxylic acid groups (broad SMARTS) is 1. The summed E-state index contributed by atoms with van der Waals surface area (Å²) in [6.07, 6.45) is 0. The second-order valence-corrected chi connectivity index (χ2v) is 5.64. The molecule has 104 valence electrons. The largest absolute Gasteiger partial charge is 0.478 e. The molecule has 0 saturated carbocycles. The van der Waals surface area contributed by atoms with Crippen LogP contribution >= 0.6 is 27.3 Å². The first-order valence-electron chi connectivity index (χ1n) is 5.48.